The minimum atomic E-state index is -4.70. The standard InChI is InChI=1S/C19H14ClF4N5O2S/c20-16(21)18(31)29(13-3-1-11(2-4-13)14-7-27-10-32-14)15(12-5-25-9-26-6-12)17(30)28-8-19(22,23)24/h1-7,9-10,15-16H,8H2,(H,28,30)/t15-,16+/m1/s1. The molecule has 2 aromatic heterocycles. The number of halogens is 5. The molecule has 2 amide bonds. The molecule has 168 valence electrons. The topological polar surface area (TPSA) is 88.1 Å². The third-order valence-corrected chi connectivity index (χ3v) is 5.16. The van der Waals surface area contributed by atoms with Gasteiger partial charge in [-0.15, -0.1) is 11.3 Å². The molecule has 7 nitrogen and oxygen atoms in total. The van der Waals surface area contributed by atoms with Gasteiger partial charge in [-0.25, -0.2) is 14.4 Å². The molecule has 1 aromatic carbocycles. The van der Waals surface area contributed by atoms with Crippen molar-refractivity contribution in [3.63, 3.8) is 0 Å². The summed E-state index contributed by atoms with van der Waals surface area (Å²) in [4.78, 5) is 38.3. The van der Waals surface area contributed by atoms with Gasteiger partial charge in [-0.2, -0.15) is 13.2 Å². The molecule has 0 aliphatic carbocycles. The third kappa shape index (κ3) is 5.77. The fourth-order valence-electron chi connectivity index (χ4n) is 2.81. The number of carbonyl (C=O) groups is 2. The number of nitrogens with one attached hydrogen (secondary N) is 1. The SMILES string of the molecule is O=C(NCC(F)(F)F)[C@@H](c1cncnc1)N(C(=O)[C@H](F)Cl)c1ccc(-c2cncs2)cc1. The first kappa shape index (κ1) is 23.5. The van der Waals surface area contributed by atoms with Gasteiger partial charge in [0.05, 0.1) is 10.4 Å². The zero-order valence-corrected chi connectivity index (χ0v) is 17.5. The molecule has 2 heterocycles. The highest BCUT2D eigenvalue weighted by Gasteiger charge is 2.38. The Morgan fingerprint density at radius 2 is 1.75 bits per heavy atom. The summed E-state index contributed by atoms with van der Waals surface area (Å²) in [5, 5.41) is 1.71. The van der Waals surface area contributed by atoms with Crippen LogP contribution in [-0.2, 0) is 9.59 Å². The van der Waals surface area contributed by atoms with Gasteiger partial charge < -0.3 is 5.32 Å². The number of rotatable bonds is 7. The number of anilines is 1. The summed E-state index contributed by atoms with van der Waals surface area (Å²) in [5.74, 6) is -2.55. The van der Waals surface area contributed by atoms with Crippen LogP contribution in [0.4, 0.5) is 23.2 Å². The molecule has 13 heteroatoms. The van der Waals surface area contributed by atoms with E-state index in [0.29, 0.717) is 4.90 Å². The maximum absolute atomic E-state index is 13.9. The van der Waals surface area contributed by atoms with Gasteiger partial charge in [0.1, 0.15) is 18.9 Å². The Balaban J connectivity index is 2.04. The van der Waals surface area contributed by atoms with Gasteiger partial charge in [0.15, 0.2) is 0 Å². The van der Waals surface area contributed by atoms with Gasteiger partial charge in [-0.05, 0) is 17.7 Å². The van der Waals surface area contributed by atoms with Crippen molar-refractivity contribution >= 4 is 40.4 Å². The van der Waals surface area contributed by atoms with Crippen LogP contribution in [0, 0.1) is 0 Å². The van der Waals surface area contributed by atoms with Crippen LogP contribution in [0.5, 0.6) is 0 Å². The van der Waals surface area contributed by atoms with Crippen LogP contribution in [0.15, 0.2) is 54.7 Å². The van der Waals surface area contributed by atoms with Crippen molar-refractivity contribution in [2.75, 3.05) is 11.4 Å². The normalized spacial score (nSPS) is 13.3. The molecule has 0 fully saturated rings. The second-order valence-corrected chi connectivity index (χ2v) is 7.60. The van der Waals surface area contributed by atoms with Gasteiger partial charge in [-0.1, -0.05) is 23.7 Å². The molecule has 1 N–H and O–H groups in total. The number of nitrogens with zero attached hydrogens (tertiary/aromatic N) is 4. The van der Waals surface area contributed by atoms with Crippen molar-refractivity contribution < 1.29 is 27.2 Å². The largest absolute Gasteiger partial charge is 0.405 e. The first-order valence-electron chi connectivity index (χ1n) is 8.87. The van der Waals surface area contributed by atoms with E-state index in [1.165, 1.54) is 23.5 Å². The van der Waals surface area contributed by atoms with Crippen molar-refractivity contribution in [3.8, 4) is 10.4 Å². The van der Waals surface area contributed by atoms with Crippen molar-refractivity contribution in [2.24, 2.45) is 0 Å². The van der Waals surface area contributed by atoms with E-state index >= 15 is 0 Å². The van der Waals surface area contributed by atoms with Crippen LogP contribution in [-0.4, -0.2) is 45.1 Å². The molecule has 2 atom stereocenters. The van der Waals surface area contributed by atoms with E-state index in [1.54, 1.807) is 29.2 Å². The number of benzene rings is 1. The molecule has 0 radical (unpaired) electrons. The zero-order valence-electron chi connectivity index (χ0n) is 16.0. The predicted octanol–water partition coefficient (Wildman–Crippen LogP) is 3.89. The maximum Gasteiger partial charge on any atom is 0.405 e. The predicted molar refractivity (Wildman–Crippen MR) is 110 cm³/mol. The Labute approximate surface area is 188 Å². The van der Waals surface area contributed by atoms with E-state index < -0.39 is 36.2 Å². The van der Waals surface area contributed by atoms with E-state index in [1.807, 2.05) is 0 Å². The summed E-state index contributed by atoms with van der Waals surface area (Å²) in [5.41, 5.74) is -0.213. The Bertz CT molecular complexity index is 1050. The molecule has 0 aliphatic heterocycles. The molecule has 3 rings (SSSR count). The molecule has 3 aromatic rings. The summed E-state index contributed by atoms with van der Waals surface area (Å²) in [6, 6.07) is 4.31. The highest BCUT2D eigenvalue weighted by Crippen LogP contribution is 2.32. The zero-order chi connectivity index (χ0) is 23.3. The average molecular weight is 488 g/mol. The fourth-order valence-corrected chi connectivity index (χ4v) is 3.54. The highest BCUT2D eigenvalue weighted by molar-refractivity contribution is 7.13. The number of aromatic nitrogens is 3. The van der Waals surface area contributed by atoms with E-state index in [2.05, 4.69) is 15.0 Å². The Morgan fingerprint density at radius 3 is 2.28 bits per heavy atom. The lowest BCUT2D eigenvalue weighted by molar-refractivity contribution is -0.140. The summed E-state index contributed by atoms with van der Waals surface area (Å²) in [7, 11) is 0. The number of hydrogen-bond donors (Lipinski definition) is 1. The maximum atomic E-state index is 13.9. The summed E-state index contributed by atoms with van der Waals surface area (Å²) in [6.45, 7) is -1.65. The van der Waals surface area contributed by atoms with Gasteiger partial charge in [-0.3, -0.25) is 19.5 Å². The van der Waals surface area contributed by atoms with E-state index in [4.69, 9.17) is 11.6 Å². The minimum Gasteiger partial charge on any atom is -0.345 e. The number of thiazole rings is 1. The number of carbonyl (C=O) groups excluding carboxylic acids is 2. The quantitative estimate of drug-likeness (QED) is 0.403. The first-order valence-corrected chi connectivity index (χ1v) is 10.2. The molecular weight excluding hydrogens is 474 g/mol. The van der Waals surface area contributed by atoms with Crippen molar-refractivity contribution in [1.29, 1.82) is 0 Å². The molecular formula is C19H14ClF4N5O2S. The molecule has 0 bridgehead atoms. The Hall–Kier alpha value is -3.12. The fraction of sp³-hybridized carbons (Fsp3) is 0.211. The first-order chi connectivity index (χ1) is 15.2. The summed E-state index contributed by atoms with van der Waals surface area (Å²) >= 11 is 6.72. The van der Waals surface area contributed by atoms with Crippen LogP contribution < -0.4 is 10.2 Å². The Morgan fingerprint density at radius 1 is 1.09 bits per heavy atom. The van der Waals surface area contributed by atoms with Crippen LogP contribution in [0.25, 0.3) is 10.4 Å². The van der Waals surface area contributed by atoms with E-state index in [-0.39, 0.29) is 11.3 Å². The van der Waals surface area contributed by atoms with Crippen LogP contribution >= 0.6 is 22.9 Å². The van der Waals surface area contributed by atoms with E-state index in [0.717, 1.165) is 29.2 Å². The minimum absolute atomic E-state index is 0.0302. The molecule has 0 aliphatic rings. The number of hydrogen-bond acceptors (Lipinski definition) is 6. The van der Waals surface area contributed by atoms with Gasteiger partial charge >= 0.3 is 6.18 Å². The van der Waals surface area contributed by atoms with Gasteiger partial charge in [0, 0.05) is 29.8 Å². The van der Waals surface area contributed by atoms with Gasteiger partial charge in [0.25, 0.3) is 11.5 Å². The lowest BCUT2D eigenvalue weighted by Gasteiger charge is -2.31. The second kappa shape index (κ2) is 10.0. The molecule has 0 spiro atoms. The lowest BCUT2D eigenvalue weighted by atomic mass is 10.1. The average Bonchev–Trinajstić information content (AvgIpc) is 3.30. The number of alkyl halides is 5. The smallest absolute Gasteiger partial charge is 0.345 e. The number of amides is 2. The lowest BCUT2D eigenvalue weighted by Crippen LogP contribution is -2.47. The summed E-state index contributed by atoms with van der Waals surface area (Å²) < 4.78 is 51.9. The van der Waals surface area contributed by atoms with Crippen LogP contribution in [0.2, 0.25) is 0 Å². The van der Waals surface area contributed by atoms with Crippen LogP contribution in [0.3, 0.4) is 0 Å². The molecule has 0 unspecified atom stereocenters. The second-order valence-electron chi connectivity index (χ2n) is 6.33. The van der Waals surface area contributed by atoms with Crippen molar-refractivity contribution in [2.45, 2.75) is 17.8 Å². The molecule has 32 heavy (non-hydrogen) atoms. The summed E-state index contributed by atoms with van der Waals surface area (Å²) in [6.07, 6.45) is 0.321. The molecule has 0 saturated heterocycles. The monoisotopic (exact) mass is 487 g/mol. The third-order valence-electron chi connectivity index (χ3n) is 4.15. The van der Waals surface area contributed by atoms with Crippen LogP contribution in [0.1, 0.15) is 11.6 Å². The van der Waals surface area contributed by atoms with E-state index in [9.17, 15) is 27.2 Å². The van der Waals surface area contributed by atoms with Crippen molar-refractivity contribution in [3.05, 3.63) is 60.3 Å². The Kier molecular flexibility index (Phi) is 7.36. The molecule has 0 saturated carbocycles. The van der Waals surface area contributed by atoms with Crippen molar-refractivity contribution in [1.82, 2.24) is 20.3 Å². The highest BCUT2D eigenvalue weighted by atomic mass is 35.5. The van der Waals surface area contributed by atoms with Gasteiger partial charge in [0.2, 0.25) is 5.91 Å².